The molecule has 3 aromatic rings. The van der Waals surface area contributed by atoms with E-state index in [-0.39, 0.29) is 6.61 Å². The molecule has 1 heterocycles. The van der Waals surface area contributed by atoms with Gasteiger partial charge in [0.05, 0.1) is 0 Å². The van der Waals surface area contributed by atoms with Crippen LogP contribution in [-0.4, -0.2) is 15.6 Å². The van der Waals surface area contributed by atoms with Gasteiger partial charge in [0.2, 0.25) is 0 Å². The van der Waals surface area contributed by atoms with Crippen molar-refractivity contribution in [3.8, 4) is 5.75 Å². The number of carbonyl (C=O) groups is 1. The highest BCUT2D eigenvalue weighted by atomic mass is 16.5. The lowest BCUT2D eigenvalue weighted by Crippen LogP contribution is -2.11. The minimum Gasteiger partial charge on any atom is -0.489 e. The Morgan fingerprint density at radius 3 is 2.39 bits per heavy atom. The van der Waals surface area contributed by atoms with Gasteiger partial charge in [0.25, 0.3) is 0 Å². The SMILES string of the molecule is O=C(OCc1ccc(OCc2ccccc2)cc1)n1ccnc1. The molecule has 2 aromatic carbocycles. The average molecular weight is 308 g/mol. The van der Waals surface area contributed by atoms with E-state index in [1.165, 1.54) is 17.1 Å². The third kappa shape index (κ3) is 4.20. The molecule has 0 aliphatic heterocycles. The van der Waals surface area contributed by atoms with Crippen LogP contribution in [0.25, 0.3) is 0 Å². The van der Waals surface area contributed by atoms with Crippen molar-refractivity contribution in [2.75, 3.05) is 0 Å². The second-order valence-corrected chi connectivity index (χ2v) is 4.94. The highest BCUT2D eigenvalue weighted by Crippen LogP contribution is 2.15. The maximum atomic E-state index is 11.7. The molecule has 0 amide bonds. The number of hydrogen-bond acceptors (Lipinski definition) is 4. The molecule has 0 atom stereocenters. The Morgan fingerprint density at radius 1 is 0.957 bits per heavy atom. The van der Waals surface area contributed by atoms with E-state index in [4.69, 9.17) is 9.47 Å². The minimum atomic E-state index is -0.452. The lowest BCUT2D eigenvalue weighted by molar-refractivity contribution is 0.141. The van der Waals surface area contributed by atoms with Crippen LogP contribution in [0.4, 0.5) is 4.79 Å². The number of nitrogens with zero attached hydrogens (tertiary/aromatic N) is 2. The lowest BCUT2D eigenvalue weighted by atomic mass is 10.2. The van der Waals surface area contributed by atoms with Crippen LogP contribution in [0.1, 0.15) is 11.1 Å². The van der Waals surface area contributed by atoms with Gasteiger partial charge in [0.15, 0.2) is 0 Å². The van der Waals surface area contributed by atoms with Crippen LogP contribution in [-0.2, 0) is 18.0 Å². The quantitative estimate of drug-likeness (QED) is 0.722. The van der Waals surface area contributed by atoms with Crippen LogP contribution in [0.3, 0.4) is 0 Å². The predicted octanol–water partition coefficient (Wildman–Crippen LogP) is 3.65. The van der Waals surface area contributed by atoms with Crippen LogP contribution in [0.15, 0.2) is 73.3 Å². The maximum Gasteiger partial charge on any atom is 0.419 e. The molecular formula is C18H16N2O3. The molecule has 3 rings (SSSR count). The summed E-state index contributed by atoms with van der Waals surface area (Å²) in [6.07, 6.45) is 4.03. The zero-order valence-corrected chi connectivity index (χ0v) is 12.5. The van der Waals surface area contributed by atoms with E-state index in [1.54, 1.807) is 6.20 Å². The largest absolute Gasteiger partial charge is 0.489 e. The first kappa shape index (κ1) is 14.8. The van der Waals surface area contributed by atoms with E-state index >= 15 is 0 Å². The summed E-state index contributed by atoms with van der Waals surface area (Å²) in [6, 6.07) is 17.5. The first-order valence-corrected chi connectivity index (χ1v) is 7.22. The molecule has 0 N–H and O–H groups in total. The van der Waals surface area contributed by atoms with Gasteiger partial charge in [-0.15, -0.1) is 0 Å². The van der Waals surface area contributed by atoms with Gasteiger partial charge in [-0.2, -0.15) is 0 Å². The highest BCUT2D eigenvalue weighted by Gasteiger charge is 2.05. The molecule has 0 aliphatic carbocycles. The molecule has 1 aromatic heterocycles. The fraction of sp³-hybridized carbons (Fsp3) is 0.111. The number of hydrogen-bond donors (Lipinski definition) is 0. The van der Waals surface area contributed by atoms with E-state index in [0.717, 1.165) is 16.9 Å². The molecule has 5 heteroatoms. The predicted molar refractivity (Wildman–Crippen MR) is 85.0 cm³/mol. The fourth-order valence-corrected chi connectivity index (χ4v) is 2.01. The Kier molecular flexibility index (Phi) is 4.69. The van der Waals surface area contributed by atoms with E-state index < -0.39 is 6.09 Å². The maximum absolute atomic E-state index is 11.7. The van der Waals surface area contributed by atoms with Crippen LogP contribution in [0, 0.1) is 0 Å². The summed E-state index contributed by atoms with van der Waals surface area (Å²) in [5.74, 6) is 0.776. The molecule has 0 unspecified atom stereocenters. The van der Waals surface area contributed by atoms with Gasteiger partial charge in [-0.3, -0.25) is 0 Å². The van der Waals surface area contributed by atoms with E-state index in [0.29, 0.717) is 6.61 Å². The van der Waals surface area contributed by atoms with Crippen molar-refractivity contribution in [2.45, 2.75) is 13.2 Å². The topological polar surface area (TPSA) is 53.4 Å². The Balaban J connectivity index is 1.50. The monoisotopic (exact) mass is 308 g/mol. The summed E-state index contributed by atoms with van der Waals surface area (Å²) in [5.41, 5.74) is 2.01. The number of aromatic nitrogens is 2. The van der Waals surface area contributed by atoms with Gasteiger partial charge >= 0.3 is 6.09 Å². The molecule has 23 heavy (non-hydrogen) atoms. The molecule has 0 saturated heterocycles. The molecule has 0 radical (unpaired) electrons. The van der Waals surface area contributed by atoms with Crippen molar-refractivity contribution in [3.05, 3.63) is 84.4 Å². The molecule has 116 valence electrons. The standard InChI is InChI=1S/C18H16N2O3/c21-18(20-11-10-19-14-20)23-13-16-6-8-17(9-7-16)22-12-15-4-2-1-3-5-15/h1-11,14H,12-13H2. The second-order valence-electron chi connectivity index (χ2n) is 4.94. The van der Waals surface area contributed by atoms with Crippen molar-refractivity contribution in [1.82, 2.24) is 9.55 Å². The minimum absolute atomic E-state index is 0.204. The van der Waals surface area contributed by atoms with E-state index in [1.807, 2.05) is 54.6 Å². The van der Waals surface area contributed by atoms with Crippen LogP contribution >= 0.6 is 0 Å². The smallest absolute Gasteiger partial charge is 0.419 e. The average Bonchev–Trinajstić information content (AvgIpc) is 3.14. The molecule has 0 saturated carbocycles. The first-order chi connectivity index (χ1) is 11.3. The van der Waals surface area contributed by atoms with Gasteiger partial charge in [-0.05, 0) is 23.3 Å². The highest BCUT2D eigenvalue weighted by molar-refractivity contribution is 5.69. The van der Waals surface area contributed by atoms with Crippen molar-refractivity contribution in [3.63, 3.8) is 0 Å². The van der Waals surface area contributed by atoms with Gasteiger partial charge in [-0.1, -0.05) is 42.5 Å². The Hall–Kier alpha value is -3.08. The van der Waals surface area contributed by atoms with Crippen molar-refractivity contribution < 1.29 is 14.3 Å². The first-order valence-electron chi connectivity index (χ1n) is 7.22. The summed E-state index contributed by atoms with van der Waals surface area (Å²) in [7, 11) is 0. The summed E-state index contributed by atoms with van der Waals surface area (Å²) in [5, 5.41) is 0. The van der Waals surface area contributed by atoms with E-state index in [2.05, 4.69) is 4.98 Å². The molecule has 5 nitrogen and oxygen atoms in total. The van der Waals surface area contributed by atoms with Crippen LogP contribution in [0.2, 0.25) is 0 Å². The summed E-state index contributed by atoms with van der Waals surface area (Å²) >= 11 is 0. The molecular weight excluding hydrogens is 292 g/mol. The molecule has 0 bridgehead atoms. The summed E-state index contributed by atoms with van der Waals surface area (Å²) in [4.78, 5) is 15.5. The Morgan fingerprint density at radius 2 is 1.70 bits per heavy atom. The molecule has 0 fully saturated rings. The normalized spacial score (nSPS) is 10.3. The summed E-state index contributed by atoms with van der Waals surface area (Å²) in [6.45, 7) is 0.728. The third-order valence-corrected chi connectivity index (χ3v) is 3.25. The van der Waals surface area contributed by atoms with Crippen molar-refractivity contribution in [1.29, 1.82) is 0 Å². The van der Waals surface area contributed by atoms with Crippen molar-refractivity contribution in [2.24, 2.45) is 0 Å². The number of carbonyl (C=O) groups excluding carboxylic acids is 1. The number of benzene rings is 2. The fourth-order valence-electron chi connectivity index (χ4n) is 2.01. The van der Waals surface area contributed by atoms with E-state index in [9.17, 15) is 4.79 Å². The Bertz CT molecular complexity index is 738. The Labute approximate surface area is 134 Å². The number of ether oxygens (including phenoxy) is 2. The summed E-state index contributed by atoms with van der Waals surface area (Å²) < 4.78 is 12.2. The second kappa shape index (κ2) is 7.26. The van der Waals surface area contributed by atoms with Crippen molar-refractivity contribution >= 4 is 6.09 Å². The zero-order chi connectivity index (χ0) is 15.9. The zero-order valence-electron chi connectivity index (χ0n) is 12.5. The van der Waals surface area contributed by atoms with Gasteiger partial charge in [-0.25, -0.2) is 14.3 Å². The van der Waals surface area contributed by atoms with Crippen LogP contribution < -0.4 is 4.74 Å². The number of rotatable bonds is 5. The van der Waals surface area contributed by atoms with Crippen LogP contribution in [0.5, 0.6) is 5.75 Å². The van der Waals surface area contributed by atoms with Gasteiger partial charge in [0, 0.05) is 12.4 Å². The van der Waals surface area contributed by atoms with Gasteiger partial charge < -0.3 is 9.47 Å². The molecule has 0 aliphatic rings. The lowest BCUT2D eigenvalue weighted by Gasteiger charge is -2.08. The molecule has 0 spiro atoms. The number of imidazole rings is 1. The third-order valence-electron chi connectivity index (χ3n) is 3.25. The van der Waals surface area contributed by atoms with Gasteiger partial charge in [0.1, 0.15) is 25.3 Å².